The van der Waals surface area contributed by atoms with Gasteiger partial charge in [0.2, 0.25) is 35.4 Å². The number of likely N-dealkylation sites (tertiary alicyclic amines) is 1. The van der Waals surface area contributed by atoms with E-state index in [1.165, 1.54) is 17.0 Å². The van der Waals surface area contributed by atoms with Gasteiger partial charge in [-0.15, -0.1) is 0 Å². The summed E-state index contributed by atoms with van der Waals surface area (Å²) in [6, 6.07) is 1.54. The Morgan fingerprint density at radius 1 is 0.941 bits per heavy atom. The van der Waals surface area contributed by atoms with Gasteiger partial charge in [-0.05, 0) is 42.9 Å². The molecule has 4 unspecified atom stereocenters. The number of carboxylic acids is 2. The summed E-state index contributed by atoms with van der Waals surface area (Å²) < 4.78 is 31.7. The highest BCUT2D eigenvalue weighted by atomic mass is 19.4. The van der Waals surface area contributed by atoms with Crippen LogP contribution in [0.2, 0.25) is 0 Å². The summed E-state index contributed by atoms with van der Waals surface area (Å²) in [6.07, 6.45) is -4.69. The number of nitrogens with two attached hydrogens (primary N) is 2. The molecule has 18 nitrogen and oxygen atoms in total. The van der Waals surface area contributed by atoms with Crippen LogP contribution in [-0.2, 0) is 44.8 Å². The second-order valence-electron chi connectivity index (χ2n) is 11.6. The van der Waals surface area contributed by atoms with Crippen molar-refractivity contribution in [1.82, 2.24) is 26.2 Å². The van der Waals surface area contributed by atoms with Crippen LogP contribution in [0, 0.1) is 5.92 Å². The van der Waals surface area contributed by atoms with Crippen molar-refractivity contribution >= 4 is 47.4 Å². The SMILES string of the molecule is CC(C)C(NC(=O)C(CCC(N)=O)NC(=O)CNC(=O)C1CCCN1C(=O)C(Cc1ccc(O)cc1)NC(=O)CN)C(=O)O.O=C(O)C(F)(F)F. The average molecular weight is 734 g/mol. The van der Waals surface area contributed by atoms with Gasteiger partial charge in [0, 0.05) is 19.4 Å². The van der Waals surface area contributed by atoms with E-state index in [2.05, 4.69) is 21.3 Å². The fourth-order valence-corrected chi connectivity index (χ4v) is 4.68. The Morgan fingerprint density at radius 2 is 1.51 bits per heavy atom. The predicted octanol–water partition coefficient (Wildman–Crippen LogP) is -1.91. The van der Waals surface area contributed by atoms with Crippen molar-refractivity contribution in [2.24, 2.45) is 17.4 Å². The molecule has 1 saturated heterocycles. The zero-order chi connectivity index (χ0) is 39.1. The van der Waals surface area contributed by atoms with Gasteiger partial charge < -0.3 is 53.0 Å². The monoisotopic (exact) mass is 733 g/mol. The molecule has 2 rings (SSSR count). The normalized spacial score (nSPS) is 15.7. The Bertz CT molecular complexity index is 1420. The molecule has 1 fully saturated rings. The number of rotatable bonds is 16. The Kier molecular flexibility index (Phi) is 17.3. The topological polar surface area (TPSA) is 301 Å². The molecule has 1 aliphatic heterocycles. The summed E-state index contributed by atoms with van der Waals surface area (Å²) in [4.78, 5) is 97.1. The van der Waals surface area contributed by atoms with Crippen LogP contribution in [0.5, 0.6) is 5.75 Å². The number of aliphatic carboxylic acids is 2. The number of carbonyl (C=O) groups is 8. The first-order valence-electron chi connectivity index (χ1n) is 15.4. The highest BCUT2D eigenvalue weighted by molar-refractivity contribution is 5.95. The van der Waals surface area contributed by atoms with E-state index in [-0.39, 0.29) is 38.1 Å². The Morgan fingerprint density at radius 3 is 2.00 bits per heavy atom. The molecule has 284 valence electrons. The first-order valence-corrected chi connectivity index (χ1v) is 15.4. The number of hydrogen-bond acceptors (Lipinski definition) is 10. The fourth-order valence-electron chi connectivity index (χ4n) is 4.68. The Balaban J connectivity index is 0.00000167. The molecule has 1 heterocycles. The van der Waals surface area contributed by atoms with Crippen molar-refractivity contribution in [2.45, 2.75) is 76.3 Å². The maximum absolute atomic E-state index is 13.5. The number of hydrogen-bond donors (Lipinski definition) is 9. The van der Waals surface area contributed by atoms with Crippen molar-refractivity contribution in [2.75, 3.05) is 19.6 Å². The van der Waals surface area contributed by atoms with Crippen LogP contribution in [-0.4, -0.2) is 118 Å². The largest absolute Gasteiger partial charge is 0.508 e. The molecule has 0 saturated carbocycles. The van der Waals surface area contributed by atoms with Crippen molar-refractivity contribution < 1.29 is 66.8 Å². The van der Waals surface area contributed by atoms with E-state index in [1.54, 1.807) is 26.0 Å². The van der Waals surface area contributed by atoms with Crippen LogP contribution in [0.1, 0.15) is 45.1 Å². The lowest BCUT2D eigenvalue weighted by atomic mass is 10.0. The predicted molar refractivity (Wildman–Crippen MR) is 169 cm³/mol. The molecular formula is C30H42F3N7O11. The second kappa shape index (κ2) is 20.3. The number of carbonyl (C=O) groups excluding carboxylic acids is 6. The van der Waals surface area contributed by atoms with Gasteiger partial charge in [-0.3, -0.25) is 28.8 Å². The number of nitrogens with one attached hydrogen (secondary N) is 4. The van der Waals surface area contributed by atoms with Crippen LogP contribution >= 0.6 is 0 Å². The van der Waals surface area contributed by atoms with E-state index >= 15 is 0 Å². The van der Waals surface area contributed by atoms with Gasteiger partial charge in [-0.25, -0.2) is 9.59 Å². The molecule has 1 aliphatic rings. The quantitative estimate of drug-likeness (QED) is 0.0900. The zero-order valence-electron chi connectivity index (χ0n) is 27.7. The number of carboxylic acid groups (broad SMARTS) is 2. The Hall–Kier alpha value is -5.47. The third-order valence-corrected chi connectivity index (χ3v) is 7.26. The van der Waals surface area contributed by atoms with Gasteiger partial charge in [-0.2, -0.15) is 13.2 Å². The second-order valence-corrected chi connectivity index (χ2v) is 11.6. The summed E-state index contributed by atoms with van der Waals surface area (Å²) in [7, 11) is 0. The smallest absolute Gasteiger partial charge is 0.490 e. The molecule has 0 radical (unpaired) electrons. The van der Waals surface area contributed by atoms with Gasteiger partial charge in [-0.1, -0.05) is 26.0 Å². The summed E-state index contributed by atoms with van der Waals surface area (Å²) in [5.41, 5.74) is 11.2. The number of primary amides is 1. The van der Waals surface area contributed by atoms with E-state index in [0.717, 1.165) is 0 Å². The van der Waals surface area contributed by atoms with Crippen LogP contribution in [0.15, 0.2) is 24.3 Å². The van der Waals surface area contributed by atoms with Gasteiger partial charge in [0.25, 0.3) is 0 Å². The number of nitrogens with zero attached hydrogens (tertiary/aromatic N) is 1. The molecule has 1 aromatic carbocycles. The van der Waals surface area contributed by atoms with Crippen molar-refractivity contribution in [3.8, 4) is 5.75 Å². The van der Waals surface area contributed by atoms with E-state index in [9.17, 15) is 56.9 Å². The first kappa shape index (κ1) is 43.6. The van der Waals surface area contributed by atoms with E-state index in [4.69, 9.17) is 21.4 Å². The molecular weight excluding hydrogens is 691 g/mol. The number of alkyl halides is 3. The summed E-state index contributed by atoms with van der Waals surface area (Å²) in [5, 5.41) is 35.8. The fraction of sp³-hybridized carbons (Fsp3) is 0.533. The molecule has 11 N–H and O–H groups in total. The summed E-state index contributed by atoms with van der Waals surface area (Å²) in [6.45, 7) is 2.47. The minimum absolute atomic E-state index is 0.0303. The summed E-state index contributed by atoms with van der Waals surface area (Å²) in [5.74, 6) is -8.57. The van der Waals surface area contributed by atoms with Crippen LogP contribution in [0.4, 0.5) is 13.2 Å². The number of aromatic hydroxyl groups is 1. The van der Waals surface area contributed by atoms with Gasteiger partial charge in [0.15, 0.2) is 0 Å². The van der Waals surface area contributed by atoms with Crippen LogP contribution in [0.3, 0.4) is 0 Å². The van der Waals surface area contributed by atoms with Crippen molar-refractivity contribution in [3.63, 3.8) is 0 Å². The maximum atomic E-state index is 13.5. The molecule has 51 heavy (non-hydrogen) atoms. The van der Waals surface area contributed by atoms with Crippen molar-refractivity contribution in [3.05, 3.63) is 29.8 Å². The van der Waals surface area contributed by atoms with Crippen LogP contribution < -0.4 is 32.7 Å². The standard InChI is InChI=1S/C28H41N7O9.C2HF3O2/c1-15(2)24(28(43)44)34-25(40)18(9-10-21(30)37)32-23(39)14-31-26(41)20-4-3-11-35(20)27(42)19(33-22(38)13-29)12-16-5-7-17(36)8-6-16;3-2(4,5)1(6)7/h5-8,15,18-20,24,36H,3-4,9-14,29H2,1-2H3,(H2,30,37)(H,31,41)(H,32,39)(H,33,38)(H,34,40)(H,43,44);(H,6,7). The van der Waals surface area contributed by atoms with E-state index in [0.29, 0.717) is 18.4 Å². The number of amides is 6. The zero-order valence-corrected chi connectivity index (χ0v) is 27.7. The number of phenols is 1. The lowest BCUT2D eigenvalue weighted by molar-refractivity contribution is -0.192. The van der Waals surface area contributed by atoms with Crippen LogP contribution in [0.25, 0.3) is 0 Å². The third-order valence-electron chi connectivity index (χ3n) is 7.26. The molecule has 0 bridgehead atoms. The molecule has 4 atom stereocenters. The average Bonchev–Trinajstić information content (AvgIpc) is 3.54. The van der Waals surface area contributed by atoms with Gasteiger partial charge >= 0.3 is 18.1 Å². The van der Waals surface area contributed by atoms with E-state index < -0.39 is 90.2 Å². The molecule has 0 spiro atoms. The number of phenolic OH excluding ortho intramolecular Hbond substituents is 1. The Labute approximate surface area is 289 Å². The minimum atomic E-state index is -5.08. The highest BCUT2D eigenvalue weighted by Crippen LogP contribution is 2.20. The molecule has 0 aliphatic carbocycles. The highest BCUT2D eigenvalue weighted by Gasteiger charge is 2.39. The molecule has 21 heteroatoms. The lowest BCUT2D eigenvalue weighted by Crippen LogP contribution is -2.56. The first-order chi connectivity index (χ1) is 23.7. The molecule has 1 aromatic rings. The number of benzene rings is 1. The molecule has 6 amide bonds. The van der Waals surface area contributed by atoms with E-state index in [1.807, 2.05) is 0 Å². The van der Waals surface area contributed by atoms with Gasteiger partial charge in [0.05, 0.1) is 13.1 Å². The summed E-state index contributed by atoms with van der Waals surface area (Å²) >= 11 is 0. The maximum Gasteiger partial charge on any atom is 0.490 e. The van der Waals surface area contributed by atoms with Crippen molar-refractivity contribution in [1.29, 1.82) is 0 Å². The van der Waals surface area contributed by atoms with Gasteiger partial charge in [0.1, 0.15) is 29.9 Å². The molecule has 0 aromatic heterocycles. The lowest BCUT2D eigenvalue weighted by Gasteiger charge is -2.29. The third kappa shape index (κ3) is 15.3. The number of halogens is 3. The minimum Gasteiger partial charge on any atom is -0.508 e.